The average molecular weight is 240 g/mol. The van der Waals surface area contributed by atoms with E-state index in [4.69, 9.17) is 5.11 Å². The zero-order chi connectivity index (χ0) is 12.6. The van der Waals surface area contributed by atoms with Gasteiger partial charge in [0.15, 0.2) is 0 Å². The summed E-state index contributed by atoms with van der Waals surface area (Å²) in [7, 11) is 0. The van der Waals surface area contributed by atoms with Crippen LogP contribution in [0, 0.1) is 11.6 Å². The molecule has 0 unspecified atom stereocenters. The maximum absolute atomic E-state index is 13.7. The van der Waals surface area contributed by atoms with Crippen LogP contribution in [0.2, 0.25) is 0 Å². The quantitative estimate of drug-likeness (QED) is 0.878. The van der Waals surface area contributed by atoms with Gasteiger partial charge in [-0.05, 0) is 36.5 Å². The molecule has 0 radical (unpaired) electrons. The zero-order valence-electron chi connectivity index (χ0n) is 9.59. The van der Waals surface area contributed by atoms with Crippen molar-refractivity contribution in [3.05, 3.63) is 34.9 Å². The molecule has 1 N–H and O–H groups in total. The lowest BCUT2D eigenvalue weighted by Crippen LogP contribution is -2.15. The number of hydrogen-bond donors (Lipinski definition) is 1. The molecule has 1 fully saturated rings. The van der Waals surface area contributed by atoms with E-state index in [0.29, 0.717) is 30.4 Å². The maximum atomic E-state index is 13.7. The van der Waals surface area contributed by atoms with E-state index in [9.17, 15) is 13.6 Å². The Bertz CT molecular complexity index is 465. The number of aliphatic carboxylic acids is 1. The van der Waals surface area contributed by atoms with Crippen molar-refractivity contribution in [2.45, 2.75) is 38.0 Å². The van der Waals surface area contributed by atoms with Crippen molar-refractivity contribution in [3.63, 3.8) is 0 Å². The van der Waals surface area contributed by atoms with E-state index in [1.165, 1.54) is 6.07 Å². The standard InChI is InChI=1S/C13H14F2O2/c1-2-8-5-9(11(15)6-10(8)14)13(3-4-13)7-12(16)17/h5-6H,2-4,7H2,1H3,(H,16,17). The number of carboxylic acid groups (broad SMARTS) is 1. The zero-order valence-corrected chi connectivity index (χ0v) is 9.59. The minimum absolute atomic E-state index is 0.0846. The summed E-state index contributed by atoms with van der Waals surface area (Å²) in [6.07, 6.45) is 1.71. The summed E-state index contributed by atoms with van der Waals surface area (Å²) < 4.78 is 27.1. The summed E-state index contributed by atoms with van der Waals surface area (Å²) in [5.41, 5.74) is 0.198. The van der Waals surface area contributed by atoms with Gasteiger partial charge in [0, 0.05) is 11.5 Å². The molecule has 92 valence electrons. The molecule has 0 bridgehead atoms. The second kappa shape index (κ2) is 4.09. The molecule has 0 aliphatic heterocycles. The Morgan fingerprint density at radius 2 is 2.00 bits per heavy atom. The molecule has 0 aromatic heterocycles. The molecule has 1 saturated carbocycles. The van der Waals surface area contributed by atoms with Gasteiger partial charge in [0.2, 0.25) is 0 Å². The number of halogens is 2. The van der Waals surface area contributed by atoms with E-state index in [0.717, 1.165) is 6.07 Å². The first kappa shape index (κ1) is 12.0. The van der Waals surface area contributed by atoms with Crippen LogP contribution in [0.1, 0.15) is 37.3 Å². The molecular weight excluding hydrogens is 226 g/mol. The van der Waals surface area contributed by atoms with E-state index in [-0.39, 0.29) is 6.42 Å². The van der Waals surface area contributed by atoms with E-state index in [2.05, 4.69) is 0 Å². The van der Waals surface area contributed by atoms with Crippen LogP contribution in [0.4, 0.5) is 8.78 Å². The van der Waals surface area contributed by atoms with Crippen molar-refractivity contribution < 1.29 is 18.7 Å². The topological polar surface area (TPSA) is 37.3 Å². The molecule has 2 rings (SSSR count). The van der Waals surface area contributed by atoms with Crippen molar-refractivity contribution in [2.75, 3.05) is 0 Å². The Hall–Kier alpha value is -1.45. The van der Waals surface area contributed by atoms with Crippen LogP contribution in [-0.2, 0) is 16.6 Å². The number of carboxylic acids is 1. The number of carbonyl (C=O) groups is 1. The Labute approximate surface area is 98.3 Å². The van der Waals surface area contributed by atoms with E-state index >= 15 is 0 Å². The van der Waals surface area contributed by atoms with Crippen LogP contribution in [0.15, 0.2) is 12.1 Å². The lowest BCUT2D eigenvalue weighted by atomic mass is 9.90. The lowest BCUT2D eigenvalue weighted by Gasteiger charge is -2.15. The van der Waals surface area contributed by atoms with Crippen LogP contribution in [0.25, 0.3) is 0 Å². The molecule has 2 nitrogen and oxygen atoms in total. The third-order valence-electron chi connectivity index (χ3n) is 3.43. The molecule has 1 aromatic carbocycles. The van der Waals surface area contributed by atoms with Gasteiger partial charge in [0.05, 0.1) is 6.42 Å². The van der Waals surface area contributed by atoms with Crippen molar-refractivity contribution >= 4 is 5.97 Å². The Balaban J connectivity index is 2.42. The van der Waals surface area contributed by atoms with E-state index in [1.807, 2.05) is 0 Å². The summed E-state index contributed by atoms with van der Waals surface area (Å²) in [6, 6.07) is 2.36. The molecule has 0 amide bonds. The number of hydrogen-bond acceptors (Lipinski definition) is 1. The van der Waals surface area contributed by atoms with Crippen LogP contribution in [-0.4, -0.2) is 11.1 Å². The monoisotopic (exact) mass is 240 g/mol. The summed E-state index contributed by atoms with van der Waals surface area (Å²) in [6.45, 7) is 1.79. The predicted molar refractivity (Wildman–Crippen MR) is 58.9 cm³/mol. The SMILES string of the molecule is CCc1cc(C2(CC(=O)O)CC2)c(F)cc1F. The molecule has 1 aromatic rings. The fraction of sp³-hybridized carbons (Fsp3) is 0.462. The largest absolute Gasteiger partial charge is 0.481 e. The third kappa shape index (κ3) is 2.16. The van der Waals surface area contributed by atoms with E-state index in [1.54, 1.807) is 6.92 Å². The van der Waals surface area contributed by atoms with Crippen LogP contribution >= 0.6 is 0 Å². The molecule has 17 heavy (non-hydrogen) atoms. The minimum Gasteiger partial charge on any atom is -0.481 e. The highest BCUT2D eigenvalue weighted by Gasteiger charge is 2.47. The fourth-order valence-electron chi connectivity index (χ4n) is 2.25. The first-order chi connectivity index (χ1) is 7.98. The molecule has 1 aliphatic carbocycles. The van der Waals surface area contributed by atoms with E-state index < -0.39 is 23.0 Å². The second-order valence-electron chi connectivity index (χ2n) is 4.63. The first-order valence-electron chi connectivity index (χ1n) is 5.69. The van der Waals surface area contributed by atoms with Crippen molar-refractivity contribution in [2.24, 2.45) is 0 Å². The summed E-state index contributed by atoms with van der Waals surface area (Å²) in [4.78, 5) is 10.8. The number of benzene rings is 1. The van der Waals surface area contributed by atoms with Crippen molar-refractivity contribution in [1.29, 1.82) is 0 Å². The average Bonchev–Trinajstić information content (AvgIpc) is 2.97. The number of rotatable bonds is 4. The minimum atomic E-state index is -0.940. The lowest BCUT2D eigenvalue weighted by molar-refractivity contribution is -0.137. The van der Waals surface area contributed by atoms with Gasteiger partial charge in [-0.15, -0.1) is 0 Å². The van der Waals surface area contributed by atoms with Crippen LogP contribution in [0.3, 0.4) is 0 Å². The normalized spacial score (nSPS) is 16.9. The summed E-state index contributed by atoms with van der Waals surface area (Å²) in [5.74, 6) is -2.12. The highest BCUT2D eigenvalue weighted by molar-refractivity contribution is 5.70. The van der Waals surface area contributed by atoms with Gasteiger partial charge in [-0.25, -0.2) is 8.78 Å². The summed E-state index contributed by atoms with van der Waals surface area (Å²) in [5, 5.41) is 8.83. The Morgan fingerprint density at radius 3 is 2.47 bits per heavy atom. The maximum Gasteiger partial charge on any atom is 0.304 e. The highest BCUT2D eigenvalue weighted by atomic mass is 19.1. The fourth-order valence-corrected chi connectivity index (χ4v) is 2.25. The van der Waals surface area contributed by atoms with Gasteiger partial charge < -0.3 is 5.11 Å². The van der Waals surface area contributed by atoms with Crippen LogP contribution in [0.5, 0.6) is 0 Å². The molecule has 0 heterocycles. The summed E-state index contributed by atoms with van der Waals surface area (Å²) >= 11 is 0. The Morgan fingerprint density at radius 1 is 1.35 bits per heavy atom. The first-order valence-corrected chi connectivity index (χ1v) is 5.69. The van der Waals surface area contributed by atoms with Gasteiger partial charge in [0.1, 0.15) is 11.6 Å². The van der Waals surface area contributed by atoms with Crippen LogP contribution < -0.4 is 0 Å². The van der Waals surface area contributed by atoms with Crippen molar-refractivity contribution in [3.8, 4) is 0 Å². The molecule has 1 aliphatic rings. The van der Waals surface area contributed by atoms with Gasteiger partial charge in [0.25, 0.3) is 0 Å². The molecule has 4 heteroatoms. The molecular formula is C13H14F2O2. The Kier molecular flexibility index (Phi) is 2.89. The van der Waals surface area contributed by atoms with Gasteiger partial charge in [-0.3, -0.25) is 4.79 Å². The third-order valence-corrected chi connectivity index (χ3v) is 3.43. The smallest absolute Gasteiger partial charge is 0.304 e. The number of aryl methyl sites for hydroxylation is 1. The molecule has 0 spiro atoms. The second-order valence-corrected chi connectivity index (χ2v) is 4.63. The van der Waals surface area contributed by atoms with Gasteiger partial charge in [-0.2, -0.15) is 0 Å². The van der Waals surface area contributed by atoms with Crippen molar-refractivity contribution in [1.82, 2.24) is 0 Å². The highest BCUT2D eigenvalue weighted by Crippen LogP contribution is 2.52. The van der Waals surface area contributed by atoms with Gasteiger partial charge >= 0.3 is 5.97 Å². The molecule has 0 atom stereocenters. The molecule has 0 saturated heterocycles. The van der Waals surface area contributed by atoms with Gasteiger partial charge in [-0.1, -0.05) is 6.92 Å². The predicted octanol–water partition coefficient (Wildman–Crippen LogP) is 3.03.